The van der Waals surface area contributed by atoms with Crippen LogP contribution in [0, 0.1) is 17.3 Å². The molecule has 13 heavy (non-hydrogen) atoms. The van der Waals surface area contributed by atoms with Crippen molar-refractivity contribution >= 4 is 23.1 Å². The van der Waals surface area contributed by atoms with E-state index in [0.717, 1.165) is 11.3 Å². The fraction of sp³-hybridized carbons (Fsp3) is 0.909. The fourth-order valence-corrected chi connectivity index (χ4v) is 3.49. The quantitative estimate of drug-likeness (QED) is 0.454. The molecular formula is C11H17BrMg. The molecule has 2 heteroatoms. The first-order chi connectivity index (χ1) is 5.39. The average Bonchev–Trinajstić information content (AvgIpc) is 1.83. The van der Waals surface area contributed by atoms with Crippen molar-refractivity contribution in [2.45, 2.75) is 51.4 Å². The summed E-state index contributed by atoms with van der Waals surface area (Å²) in [5.74, 6) is 3.03. The third-order valence-electron chi connectivity index (χ3n) is 4.28. The summed E-state index contributed by atoms with van der Waals surface area (Å²) in [5, 5.41) is 0. The zero-order chi connectivity index (χ0) is 7.31. The third-order valence-corrected chi connectivity index (χ3v) is 4.28. The minimum absolute atomic E-state index is 0. The monoisotopic (exact) mass is 252 g/mol. The second-order valence-electron chi connectivity index (χ2n) is 4.98. The van der Waals surface area contributed by atoms with Crippen LogP contribution in [0.25, 0.3) is 0 Å². The second kappa shape index (κ2) is 4.40. The smallest absolute Gasteiger partial charge is 1.00 e. The molecule has 0 nitrogen and oxygen atoms in total. The number of hydrogen-bond acceptors (Lipinski definition) is 0. The molecule has 0 spiro atoms. The molecular weight excluding hydrogens is 236 g/mol. The van der Waals surface area contributed by atoms with Gasteiger partial charge in [-0.05, 0) is 5.92 Å². The van der Waals surface area contributed by atoms with Crippen molar-refractivity contribution in [2.24, 2.45) is 11.3 Å². The van der Waals surface area contributed by atoms with Crippen molar-refractivity contribution in [3.8, 4) is 0 Å². The van der Waals surface area contributed by atoms with E-state index in [1.165, 1.54) is 38.5 Å². The van der Waals surface area contributed by atoms with E-state index in [0.29, 0.717) is 0 Å². The zero-order valence-electron chi connectivity index (χ0n) is 8.32. The van der Waals surface area contributed by atoms with Crippen LogP contribution in [0.2, 0.25) is 0 Å². The summed E-state index contributed by atoms with van der Waals surface area (Å²) in [6, 6.07) is 0. The van der Waals surface area contributed by atoms with E-state index in [1.807, 2.05) is 5.92 Å². The van der Waals surface area contributed by atoms with Crippen LogP contribution in [0.5, 0.6) is 0 Å². The SMILES string of the molecule is C1CCC(C23C[C-](C2)C3)CC1.[Br-].[Mg+2]. The predicted molar refractivity (Wildman–Crippen MR) is 51.9 cm³/mol. The van der Waals surface area contributed by atoms with Crippen LogP contribution in [-0.4, -0.2) is 23.1 Å². The molecule has 0 radical (unpaired) electrons. The summed E-state index contributed by atoms with van der Waals surface area (Å²) in [5.41, 5.74) is 0.899. The Labute approximate surface area is 108 Å². The Balaban J connectivity index is 0.000000422. The molecule has 0 N–H and O–H groups in total. The largest absolute Gasteiger partial charge is 2.00 e. The minimum atomic E-state index is 0. The molecule has 0 aromatic heterocycles. The second-order valence-corrected chi connectivity index (χ2v) is 4.98. The molecule has 0 saturated heterocycles. The number of rotatable bonds is 1. The van der Waals surface area contributed by atoms with Crippen LogP contribution in [0.1, 0.15) is 51.4 Å². The molecule has 0 aromatic carbocycles. The van der Waals surface area contributed by atoms with Gasteiger partial charge in [0.15, 0.2) is 0 Å². The van der Waals surface area contributed by atoms with E-state index in [2.05, 4.69) is 0 Å². The van der Waals surface area contributed by atoms with Gasteiger partial charge in [0.2, 0.25) is 0 Å². The van der Waals surface area contributed by atoms with Crippen LogP contribution in [0.3, 0.4) is 0 Å². The molecule has 4 saturated carbocycles. The first-order valence-corrected chi connectivity index (χ1v) is 5.23. The van der Waals surface area contributed by atoms with Crippen LogP contribution in [0.15, 0.2) is 0 Å². The number of hydrogen-bond donors (Lipinski definition) is 0. The van der Waals surface area contributed by atoms with Gasteiger partial charge in [-0.1, -0.05) is 32.1 Å². The van der Waals surface area contributed by atoms with Crippen LogP contribution < -0.4 is 17.0 Å². The maximum Gasteiger partial charge on any atom is 2.00 e. The molecule has 70 valence electrons. The topological polar surface area (TPSA) is 0 Å². The van der Waals surface area contributed by atoms with Gasteiger partial charge in [-0.25, -0.2) is 0 Å². The molecule has 4 fully saturated rings. The van der Waals surface area contributed by atoms with Gasteiger partial charge in [0.25, 0.3) is 0 Å². The Morgan fingerprint density at radius 3 is 1.85 bits per heavy atom. The molecule has 4 aliphatic carbocycles. The van der Waals surface area contributed by atoms with E-state index in [9.17, 15) is 0 Å². The van der Waals surface area contributed by atoms with Gasteiger partial charge < -0.3 is 22.9 Å². The summed E-state index contributed by atoms with van der Waals surface area (Å²) < 4.78 is 0. The first kappa shape index (κ1) is 12.3. The molecule has 0 unspecified atom stereocenters. The normalized spacial score (nSPS) is 30.5. The Morgan fingerprint density at radius 2 is 1.46 bits per heavy atom. The van der Waals surface area contributed by atoms with Crippen molar-refractivity contribution in [2.75, 3.05) is 0 Å². The molecule has 0 heterocycles. The Bertz CT molecular complexity index is 158. The van der Waals surface area contributed by atoms with Crippen LogP contribution in [-0.2, 0) is 0 Å². The summed E-state index contributed by atoms with van der Waals surface area (Å²) in [4.78, 5) is 0. The van der Waals surface area contributed by atoms with Crippen molar-refractivity contribution in [3.63, 3.8) is 0 Å². The summed E-state index contributed by atoms with van der Waals surface area (Å²) >= 11 is 0. The van der Waals surface area contributed by atoms with E-state index < -0.39 is 0 Å². The minimum Gasteiger partial charge on any atom is -1.00 e. The van der Waals surface area contributed by atoms with E-state index in [1.54, 1.807) is 12.8 Å². The maximum absolute atomic E-state index is 1.88. The van der Waals surface area contributed by atoms with Gasteiger partial charge in [-0.3, -0.25) is 0 Å². The van der Waals surface area contributed by atoms with Crippen LogP contribution >= 0.6 is 0 Å². The van der Waals surface area contributed by atoms with Gasteiger partial charge >= 0.3 is 23.1 Å². The van der Waals surface area contributed by atoms with Crippen molar-refractivity contribution in [1.29, 1.82) is 0 Å². The third kappa shape index (κ3) is 1.83. The summed E-state index contributed by atoms with van der Waals surface area (Å²) in [6.07, 6.45) is 12.3. The van der Waals surface area contributed by atoms with Gasteiger partial charge in [0.1, 0.15) is 0 Å². The van der Waals surface area contributed by atoms with Crippen LogP contribution in [0.4, 0.5) is 0 Å². The summed E-state index contributed by atoms with van der Waals surface area (Å²) in [6.45, 7) is 0. The number of halogens is 1. The first-order valence-electron chi connectivity index (χ1n) is 5.23. The van der Waals surface area contributed by atoms with E-state index in [-0.39, 0.29) is 40.0 Å². The van der Waals surface area contributed by atoms with Crippen molar-refractivity contribution < 1.29 is 17.0 Å². The predicted octanol–water partition coefficient (Wildman–Crippen LogP) is -0.0517. The fourth-order valence-electron chi connectivity index (χ4n) is 3.49. The zero-order valence-corrected chi connectivity index (χ0v) is 11.3. The van der Waals surface area contributed by atoms with Gasteiger partial charge in [0, 0.05) is 0 Å². The molecule has 4 aliphatic rings. The summed E-state index contributed by atoms with van der Waals surface area (Å²) in [7, 11) is 0. The van der Waals surface area contributed by atoms with Gasteiger partial charge in [-0.2, -0.15) is 19.3 Å². The molecule has 0 amide bonds. The standard InChI is InChI=1S/C11H17.BrH.Mg/c1-2-4-10(5-3-1)11-6-9(7-11)8-11;;/h10H,1-8H2;1H;/q-1;;+2/p-1. The Morgan fingerprint density at radius 1 is 0.923 bits per heavy atom. The average molecular weight is 253 g/mol. The van der Waals surface area contributed by atoms with Gasteiger partial charge in [0.05, 0.1) is 0 Å². The maximum atomic E-state index is 1.88. The van der Waals surface area contributed by atoms with Crippen molar-refractivity contribution in [1.82, 2.24) is 0 Å². The van der Waals surface area contributed by atoms with E-state index in [4.69, 9.17) is 0 Å². The molecule has 2 bridgehead atoms. The Hall–Kier alpha value is 1.25. The molecule has 0 aromatic rings. The molecule has 4 rings (SSSR count). The van der Waals surface area contributed by atoms with E-state index >= 15 is 0 Å². The van der Waals surface area contributed by atoms with Crippen molar-refractivity contribution in [3.05, 3.63) is 5.92 Å². The van der Waals surface area contributed by atoms with Gasteiger partial charge in [-0.15, -0.1) is 5.41 Å². The molecule has 0 aliphatic heterocycles. The Kier molecular flexibility index (Phi) is 4.17. The molecule has 0 atom stereocenters.